The van der Waals surface area contributed by atoms with E-state index in [1.807, 2.05) is 0 Å². The van der Waals surface area contributed by atoms with E-state index in [-0.39, 0.29) is 11.4 Å². The summed E-state index contributed by atoms with van der Waals surface area (Å²) in [5.41, 5.74) is -0.355. The molecule has 0 aliphatic heterocycles. The molecule has 24 heavy (non-hydrogen) atoms. The van der Waals surface area contributed by atoms with E-state index >= 15 is 0 Å². The van der Waals surface area contributed by atoms with Gasteiger partial charge in [-0.3, -0.25) is 14.3 Å². The number of carbonyl (C=O) groups is 2. The number of nitrogens with one attached hydrogen (secondary N) is 2. The van der Waals surface area contributed by atoms with Crippen LogP contribution in [0.15, 0.2) is 4.90 Å². The second-order valence-electron chi connectivity index (χ2n) is 6.37. The van der Waals surface area contributed by atoms with E-state index in [1.165, 1.54) is 25.5 Å². The zero-order valence-electron chi connectivity index (χ0n) is 14.7. The molecule has 0 radical (unpaired) electrons. The largest absolute Gasteiger partial charge is 0.481 e. The van der Waals surface area contributed by atoms with Crippen molar-refractivity contribution in [3.63, 3.8) is 0 Å². The van der Waals surface area contributed by atoms with Crippen LogP contribution in [0.5, 0.6) is 0 Å². The zero-order chi connectivity index (χ0) is 18.9. The van der Waals surface area contributed by atoms with E-state index < -0.39 is 33.4 Å². The van der Waals surface area contributed by atoms with Gasteiger partial charge in [0.05, 0.1) is 22.8 Å². The minimum Gasteiger partial charge on any atom is -0.481 e. The Bertz CT molecular complexity index is 751. The number of aromatic nitrogens is 2. The number of carboxylic acids is 1. The van der Waals surface area contributed by atoms with E-state index in [0.717, 1.165) is 0 Å². The maximum absolute atomic E-state index is 12.5. The van der Waals surface area contributed by atoms with Gasteiger partial charge in [0.15, 0.2) is 0 Å². The Morgan fingerprint density at radius 1 is 1.33 bits per heavy atom. The number of carbonyl (C=O) groups excluding carboxylic acids is 1. The van der Waals surface area contributed by atoms with E-state index in [9.17, 15) is 18.0 Å². The van der Waals surface area contributed by atoms with Gasteiger partial charge in [-0.05, 0) is 34.6 Å². The van der Waals surface area contributed by atoms with Crippen molar-refractivity contribution in [2.45, 2.75) is 45.6 Å². The smallest absolute Gasteiger partial charge is 0.310 e. The van der Waals surface area contributed by atoms with Gasteiger partial charge >= 0.3 is 5.97 Å². The van der Waals surface area contributed by atoms with Gasteiger partial charge in [-0.15, -0.1) is 0 Å². The second kappa shape index (κ2) is 6.89. The van der Waals surface area contributed by atoms with Gasteiger partial charge in [0, 0.05) is 13.6 Å². The Hall–Kier alpha value is -1.94. The predicted molar refractivity (Wildman–Crippen MR) is 86.9 cm³/mol. The van der Waals surface area contributed by atoms with Crippen molar-refractivity contribution in [1.29, 1.82) is 0 Å². The first-order chi connectivity index (χ1) is 10.8. The molecule has 0 saturated heterocycles. The number of aryl methyl sites for hydroxylation is 2. The van der Waals surface area contributed by atoms with Crippen molar-refractivity contribution in [2.24, 2.45) is 12.5 Å². The molecule has 0 saturated carbocycles. The highest BCUT2D eigenvalue weighted by molar-refractivity contribution is 7.89. The van der Waals surface area contributed by atoms with Crippen LogP contribution in [0.3, 0.4) is 0 Å². The van der Waals surface area contributed by atoms with Crippen LogP contribution in [-0.4, -0.2) is 47.8 Å². The van der Waals surface area contributed by atoms with Gasteiger partial charge in [-0.2, -0.15) is 9.82 Å². The highest BCUT2D eigenvalue weighted by Crippen LogP contribution is 2.18. The number of carboxylic acid groups (broad SMARTS) is 1. The molecular formula is C14H24N4O5S. The van der Waals surface area contributed by atoms with E-state index in [0.29, 0.717) is 11.4 Å². The summed E-state index contributed by atoms with van der Waals surface area (Å²) in [6.45, 7) is 7.40. The van der Waals surface area contributed by atoms with Crippen LogP contribution >= 0.6 is 0 Å². The number of amides is 1. The quantitative estimate of drug-likeness (QED) is 0.624. The van der Waals surface area contributed by atoms with E-state index in [4.69, 9.17) is 5.11 Å². The Morgan fingerprint density at radius 3 is 2.29 bits per heavy atom. The first-order valence-electron chi connectivity index (χ1n) is 7.33. The third-order valence-electron chi connectivity index (χ3n) is 3.72. The summed E-state index contributed by atoms with van der Waals surface area (Å²) in [6, 6.07) is -1.06. The van der Waals surface area contributed by atoms with Crippen LogP contribution in [-0.2, 0) is 26.7 Å². The van der Waals surface area contributed by atoms with Crippen molar-refractivity contribution in [1.82, 2.24) is 19.8 Å². The molecule has 1 aromatic rings. The average Bonchev–Trinajstić information content (AvgIpc) is 2.69. The zero-order valence-corrected chi connectivity index (χ0v) is 15.5. The van der Waals surface area contributed by atoms with Crippen molar-refractivity contribution >= 4 is 21.9 Å². The van der Waals surface area contributed by atoms with Crippen molar-refractivity contribution < 1.29 is 23.1 Å². The minimum atomic E-state index is -3.93. The van der Waals surface area contributed by atoms with Crippen LogP contribution in [0, 0.1) is 19.3 Å². The summed E-state index contributed by atoms with van der Waals surface area (Å²) in [5, 5.41) is 15.5. The maximum Gasteiger partial charge on any atom is 0.310 e. The standard InChI is InChI=1S/C14H24N4O5S/c1-8-11(10(3)18(6)16-8)24(22,23)17-9(2)12(19)15-7-14(4,5)13(20)21/h9,17H,7H2,1-6H3,(H,15,19)(H,20,21). The van der Waals surface area contributed by atoms with Crippen LogP contribution in [0.25, 0.3) is 0 Å². The fraction of sp³-hybridized carbons (Fsp3) is 0.643. The minimum absolute atomic E-state index is 0.0375. The second-order valence-corrected chi connectivity index (χ2v) is 8.02. The lowest BCUT2D eigenvalue weighted by Crippen LogP contribution is -2.48. The third kappa shape index (κ3) is 4.32. The number of sulfonamides is 1. The van der Waals surface area contributed by atoms with Crippen LogP contribution in [0.2, 0.25) is 0 Å². The lowest BCUT2D eigenvalue weighted by molar-refractivity contribution is -0.146. The van der Waals surface area contributed by atoms with Gasteiger partial charge < -0.3 is 10.4 Å². The number of rotatable bonds is 7. The van der Waals surface area contributed by atoms with Crippen LogP contribution in [0.4, 0.5) is 0 Å². The Labute approximate surface area is 141 Å². The van der Waals surface area contributed by atoms with Crippen LogP contribution in [0.1, 0.15) is 32.2 Å². The number of nitrogens with zero attached hydrogens (tertiary/aromatic N) is 2. The molecule has 1 heterocycles. The summed E-state index contributed by atoms with van der Waals surface area (Å²) < 4.78 is 28.7. The number of aliphatic carboxylic acids is 1. The highest BCUT2D eigenvalue weighted by Gasteiger charge is 2.30. The molecule has 0 spiro atoms. The van der Waals surface area contributed by atoms with Gasteiger partial charge in [0.1, 0.15) is 4.90 Å². The van der Waals surface area contributed by atoms with E-state index in [2.05, 4.69) is 15.1 Å². The molecular weight excluding hydrogens is 336 g/mol. The summed E-state index contributed by atoms with van der Waals surface area (Å²) in [7, 11) is -2.30. The molecule has 0 fully saturated rings. The number of hydrogen-bond donors (Lipinski definition) is 3. The molecule has 1 amide bonds. The van der Waals surface area contributed by atoms with Gasteiger partial charge in [-0.1, -0.05) is 0 Å². The molecule has 1 unspecified atom stereocenters. The van der Waals surface area contributed by atoms with Crippen molar-refractivity contribution in [3.8, 4) is 0 Å². The molecule has 136 valence electrons. The van der Waals surface area contributed by atoms with Gasteiger partial charge in [-0.25, -0.2) is 8.42 Å². The fourth-order valence-electron chi connectivity index (χ4n) is 2.03. The molecule has 1 aromatic heterocycles. The Morgan fingerprint density at radius 2 is 1.88 bits per heavy atom. The topological polar surface area (TPSA) is 130 Å². The van der Waals surface area contributed by atoms with Crippen molar-refractivity contribution in [2.75, 3.05) is 6.54 Å². The molecule has 0 aliphatic rings. The summed E-state index contributed by atoms with van der Waals surface area (Å²) in [5.74, 6) is -1.66. The van der Waals surface area contributed by atoms with Crippen LogP contribution < -0.4 is 10.0 Å². The first-order valence-corrected chi connectivity index (χ1v) is 8.81. The van der Waals surface area contributed by atoms with E-state index in [1.54, 1.807) is 20.9 Å². The predicted octanol–water partition coefficient (Wildman–Crippen LogP) is -0.0693. The fourth-order valence-corrected chi connectivity index (χ4v) is 3.67. The highest BCUT2D eigenvalue weighted by atomic mass is 32.2. The first kappa shape index (κ1) is 20.1. The summed E-state index contributed by atoms with van der Waals surface area (Å²) in [6.07, 6.45) is 0. The monoisotopic (exact) mass is 360 g/mol. The molecule has 0 aliphatic carbocycles. The lowest BCUT2D eigenvalue weighted by atomic mass is 9.94. The Balaban J connectivity index is 2.84. The molecule has 0 bridgehead atoms. The van der Waals surface area contributed by atoms with Gasteiger partial charge in [0.2, 0.25) is 15.9 Å². The molecule has 1 atom stereocenters. The summed E-state index contributed by atoms with van der Waals surface area (Å²) >= 11 is 0. The summed E-state index contributed by atoms with van der Waals surface area (Å²) in [4.78, 5) is 23.1. The Kier molecular flexibility index (Phi) is 5.78. The molecule has 1 rings (SSSR count). The average molecular weight is 360 g/mol. The SMILES string of the molecule is Cc1nn(C)c(C)c1S(=O)(=O)NC(C)C(=O)NCC(C)(C)C(=O)O. The third-order valence-corrected chi connectivity index (χ3v) is 5.51. The maximum atomic E-state index is 12.5. The lowest BCUT2D eigenvalue weighted by Gasteiger charge is -2.21. The normalized spacial score (nSPS) is 13.6. The molecule has 9 nitrogen and oxygen atoms in total. The molecule has 10 heteroatoms. The van der Waals surface area contributed by atoms with Crippen molar-refractivity contribution in [3.05, 3.63) is 11.4 Å². The molecule has 3 N–H and O–H groups in total. The van der Waals surface area contributed by atoms with Gasteiger partial charge in [0.25, 0.3) is 0 Å². The molecule has 0 aromatic carbocycles. The number of hydrogen-bond acceptors (Lipinski definition) is 5.